The average Bonchev–Trinajstić information content (AvgIpc) is 2.57. The van der Waals surface area contributed by atoms with Crippen LogP contribution in [-0.4, -0.2) is 19.1 Å². The number of allylic oxidation sites excluding steroid dienone is 2. The predicted octanol–water partition coefficient (Wildman–Crippen LogP) is 1.61. The molecule has 2 atom stereocenters. The fraction of sp³-hybridized carbons (Fsp3) is 0.857. The third kappa shape index (κ3) is 17.3. The molecule has 0 aromatic carbocycles. The maximum Gasteiger partial charge on any atom is 1.00 e. The molecule has 0 amide bonds. The second kappa shape index (κ2) is 20.5. The molecule has 2 unspecified atom stereocenters. The van der Waals surface area contributed by atoms with Gasteiger partial charge in [0.2, 0.25) is 0 Å². The second-order valence-corrected chi connectivity index (χ2v) is 7.02. The van der Waals surface area contributed by atoms with E-state index in [-0.39, 0.29) is 41.5 Å². The minimum absolute atomic E-state index is 0. The third-order valence-corrected chi connectivity index (χ3v) is 4.89. The van der Waals surface area contributed by atoms with Gasteiger partial charge in [0.25, 0.3) is 0 Å². The number of aliphatic carboxylic acids is 1. The number of rotatable bonds is 17. The summed E-state index contributed by atoms with van der Waals surface area (Å²) >= 11 is 0. The second-order valence-electron chi connectivity index (χ2n) is 7.02. The molecule has 0 rings (SSSR count). The molecule has 0 spiro atoms. The molecule has 0 aromatic heterocycles. The summed E-state index contributed by atoms with van der Waals surface area (Å²) in [6, 6.07) is -0.0140. The molecular weight excluding hydrogens is 321 g/mol. The molecule has 0 bridgehead atoms. The molecule has 0 radical (unpaired) electrons. The molecule has 0 heterocycles. The van der Waals surface area contributed by atoms with Crippen LogP contribution in [0.4, 0.5) is 0 Å². The zero-order valence-electron chi connectivity index (χ0n) is 17.3. The number of carbonyl (C=O) groups excluding carboxylic acids is 1. The van der Waals surface area contributed by atoms with Crippen molar-refractivity contribution in [1.29, 1.82) is 0 Å². The van der Waals surface area contributed by atoms with Gasteiger partial charge in [-0.15, -0.1) is 0 Å². The van der Waals surface area contributed by atoms with Crippen LogP contribution in [0, 0.1) is 5.92 Å². The van der Waals surface area contributed by atoms with Crippen molar-refractivity contribution in [2.24, 2.45) is 5.92 Å². The van der Waals surface area contributed by atoms with E-state index in [9.17, 15) is 9.90 Å². The monoisotopic (exact) mass is 361 g/mol. The first-order valence-corrected chi connectivity index (χ1v) is 10.2. The van der Waals surface area contributed by atoms with Crippen molar-refractivity contribution in [3.05, 3.63) is 12.2 Å². The Hall–Kier alpha value is 0.170. The van der Waals surface area contributed by atoms with Gasteiger partial charge in [-0.1, -0.05) is 70.4 Å². The van der Waals surface area contributed by atoms with Gasteiger partial charge >= 0.3 is 29.6 Å². The Kier molecular flexibility index (Phi) is 22.4. The number of hydrogen-bond acceptors (Lipinski definition) is 3. The van der Waals surface area contributed by atoms with Crippen LogP contribution >= 0.6 is 0 Å². The van der Waals surface area contributed by atoms with Gasteiger partial charge in [-0.05, 0) is 46.1 Å². The first-order valence-electron chi connectivity index (χ1n) is 10.2. The fourth-order valence-corrected chi connectivity index (χ4v) is 3.03. The van der Waals surface area contributed by atoms with Crippen molar-refractivity contribution in [3.8, 4) is 0 Å². The minimum Gasteiger partial charge on any atom is -0.550 e. The normalized spacial score (nSPS) is 13.6. The number of unbranched alkanes of at least 4 members (excludes halogenated alkanes) is 10. The Morgan fingerprint density at radius 1 is 0.920 bits per heavy atom. The van der Waals surface area contributed by atoms with E-state index in [2.05, 4.69) is 24.4 Å². The molecule has 0 aromatic rings. The van der Waals surface area contributed by atoms with Crippen LogP contribution in [0.25, 0.3) is 0 Å². The Bertz CT molecular complexity index is 321. The summed E-state index contributed by atoms with van der Waals surface area (Å²) in [5, 5.41) is 14.1. The van der Waals surface area contributed by atoms with Crippen LogP contribution in [0.2, 0.25) is 0 Å². The summed E-state index contributed by atoms with van der Waals surface area (Å²) < 4.78 is 0. The molecule has 0 aliphatic heterocycles. The van der Waals surface area contributed by atoms with Gasteiger partial charge in [0.15, 0.2) is 0 Å². The van der Waals surface area contributed by atoms with E-state index in [1.807, 2.05) is 6.92 Å². The van der Waals surface area contributed by atoms with Gasteiger partial charge in [0.05, 0.1) is 0 Å². The van der Waals surface area contributed by atoms with E-state index < -0.39 is 5.97 Å². The van der Waals surface area contributed by atoms with Crippen molar-refractivity contribution in [2.75, 3.05) is 7.05 Å². The molecule has 25 heavy (non-hydrogen) atoms. The van der Waals surface area contributed by atoms with Gasteiger partial charge in [-0.2, -0.15) is 0 Å². The van der Waals surface area contributed by atoms with Crippen molar-refractivity contribution in [3.63, 3.8) is 0 Å². The van der Waals surface area contributed by atoms with Crippen molar-refractivity contribution in [1.82, 2.24) is 5.32 Å². The first kappa shape index (κ1) is 27.4. The van der Waals surface area contributed by atoms with E-state index >= 15 is 0 Å². The SMILES string of the molecule is CCCCCCCC/C=C\CCCCCCC(C(=O)[O-])C(C)NC.[Na+]. The summed E-state index contributed by atoms with van der Waals surface area (Å²) in [5.41, 5.74) is 0. The number of nitrogens with one attached hydrogen (secondary N) is 1. The van der Waals surface area contributed by atoms with E-state index in [0.29, 0.717) is 0 Å². The van der Waals surface area contributed by atoms with Crippen molar-refractivity contribution >= 4 is 5.97 Å². The Morgan fingerprint density at radius 3 is 1.88 bits per heavy atom. The maximum atomic E-state index is 11.1. The molecule has 142 valence electrons. The minimum atomic E-state index is -0.922. The molecule has 0 aliphatic rings. The van der Waals surface area contributed by atoms with Crippen molar-refractivity contribution in [2.45, 2.75) is 103 Å². The number of hydrogen-bond donors (Lipinski definition) is 1. The van der Waals surface area contributed by atoms with Crippen LogP contribution in [0.5, 0.6) is 0 Å². The van der Waals surface area contributed by atoms with Crippen LogP contribution < -0.4 is 40.0 Å². The summed E-state index contributed by atoms with van der Waals surface area (Å²) in [6.45, 7) is 4.17. The molecule has 1 N–H and O–H groups in total. The largest absolute Gasteiger partial charge is 1.00 e. The van der Waals surface area contributed by atoms with Crippen LogP contribution in [-0.2, 0) is 4.79 Å². The Labute approximate surface area is 178 Å². The van der Waals surface area contributed by atoms with Gasteiger partial charge in [-0.25, -0.2) is 0 Å². The predicted molar refractivity (Wildman–Crippen MR) is 102 cm³/mol. The van der Waals surface area contributed by atoms with Crippen LogP contribution in [0.15, 0.2) is 12.2 Å². The zero-order chi connectivity index (χ0) is 18.0. The Morgan fingerprint density at radius 2 is 1.40 bits per heavy atom. The molecule has 0 saturated heterocycles. The number of carboxylic acid groups (broad SMARTS) is 1. The molecular formula is C21H40NNaO2. The van der Waals surface area contributed by atoms with Crippen molar-refractivity contribution < 1.29 is 39.5 Å². The van der Waals surface area contributed by atoms with E-state index in [1.54, 1.807) is 7.05 Å². The summed E-state index contributed by atoms with van der Waals surface area (Å²) in [4.78, 5) is 11.1. The maximum absolute atomic E-state index is 11.1. The molecule has 0 fully saturated rings. The van der Waals surface area contributed by atoms with Gasteiger partial charge in [0.1, 0.15) is 0 Å². The topological polar surface area (TPSA) is 52.2 Å². The van der Waals surface area contributed by atoms with Gasteiger partial charge in [-0.3, -0.25) is 0 Å². The number of carbonyl (C=O) groups is 1. The number of carboxylic acids is 1. The van der Waals surface area contributed by atoms with E-state index in [4.69, 9.17) is 0 Å². The molecule has 3 nitrogen and oxygen atoms in total. The van der Waals surface area contributed by atoms with Gasteiger partial charge < -0.3 is 15.2 Å². The summed E-state index contributed by atoms with van der Waals surface area (Å²) in [5.74, 6) is -1.29. The summed E-state index contributed by atoms with van der Waals surface area (Å²) in [6.07, 6.45) is 20.4. The van der Waals surface area contributed by atoms with Gasteiger partial charge in [0, 0.05) is 17.9 Å². The third-order valence-electron chi connectivity index (χ3n) is 4.89. The van der Waals surface area contributed by atoms with E-state index in [0.717, 1.165) is 25.7 Å². The molecule has 0 aliphatic carbocycles. The fourth-order valence-electron chi connectivity index (χ4n) is 3.03. The average molecular weight is 362 g/mol. The van der Waals surface area contributed by atoms with Crippen LogP contribution in [0.1, 0.15) is 97.3 Å². The Balaban J connectivity index is 0. The summed E-state index contributed by atoms with van der Waals surface area (Å²) in [7, 11) is 1.80. The standard InChI is InChI=1S/C21H41NO2.Na/c1-4-5-6-7-8-9-10-11-12-13-14-15-16-17-18-20(21(23)24)19(2)22-3;/h11-12,19-20,22H,4-10,13-18H2,1-3H3,(H,23,24);/q;+1/p-1/b12-11-;. The first-order chi connectivity index (χ1) is 11.6. The quantitative estimate of drug-likeness (QED) is 0.243. The van der Waals surface area contributed by atoms with E-state index in [1.165, 1.54) is 57.8 Å². The van der Waals surface area contributed by atoms with Crippen LogP contribution in [0.3, 0.4) is 0 Å². The smallest absolute Gasteiger partial charge is 0.550 e. The molecule has 0 saturated carbocycles. The zero-order valence-corrected chi connectivity index (χ0v) is 19.3. The molecule has 4 heteroatoms.